The van der Waals surface area contributed by atoms with Crippen molar-refractivity contribution < 1.29 is 14.3 Å². The molecule has 0 fully saturated rings. The molecule has 0 radical (unpaired) electrons. The van der Waals surface area contributed by atoms with Gasteiger partial charge < -0.3 is 10.1 Å². The number of rotatable bonds is 5. The minimum Gasteiger partial charge on any atom is -0.467 e. The lowest BCUT2D eigenvalue weighted by molar-refractivity contribution is -0.144. The first-order valence-corrected chi connectivity index (χ1v) is 6.67. The highest BCUT2D eigenvalue weighted by Gasteiger charge is 2.17. The van der Waals surface area contributed by atoms with Crippen LogP contribution in [-0.4, -0.2) is 45.2 Å². The van der Waals surface area contributed by atoms with Gasteiger partial charge in [-0.2, -0.15) is 4.80 Å². The summed E-state index contributed by atoms with van der Waals surface area (Å²) in [6.45, 7) is 1.43. The summed E-state index contributed by atoms with van der Waals surface area (Å²) < 4.78 is 4.51. The first kappa shape index (κ1) is 14.1. The van der Waals surface area contributed by atoms with Gasteiger partial charge in [-0.05, 0) is 23.6 Å². The summed E-state index contributed by atoms with van der Waals surface area (Å²) in [5.41, 5.74) is 0. The van der Waals surface area contributed by atoms with Crippen molar-refractivity contribution in [1.29, 1.82) is 0 Å². The van der Waals surface area contributed by atoms with Crippen molar-refractivity contribution in [1.82, 2.24) is 25.5 Å². The molecule has 2 aromatic heterocycles. The van der Waals surface area contributed by atoms with Gasteiger partial charge >= 0.3 is 5.97 Å². The van der Waals surface area contributed by atoms with Crippen LogP contribution in [0.25, 0.3) is 10.7 Å². The summed E-state index contributed by atoms with van der Waals surface area (Å²) in [6, 6.07) is 3.03. The van der Waals surface area contributed by atoms with E-state index in [4.69, 9.17) is 0 Å². The minimum atomic E-state index is -0.715. The van der Waals surface area contributed by atoms with E-state index in [1.165, 1.54) is 30.2 Å². The van der Waals surface area contributed by atoms with Crippen LogP contribution in [0.4, 0.5) is 0 Å². The van der Waals surface area contributed by atoms with Gasteiger partial charge in [-0.3, -0.25) is 4.79 Å². The Morgan fingerprint density at radius 1 is 1.55 bits per heavy atom. The fraction of sp³-hybridized carbons (Fsp3) is 0.364. The molecule has 0 aliphatic carbocycles. The van der Waals surface area contributed by atoms with E-state index in [0.717, 1.165) is 4.88 Å². The number of amides is 1. The highest BCUT2D eigenvalue weighted by molar-refractivity contribution is 7.13. The molecule has 1 N–H and O–H groups in total. The van der Waals surface area contributed by atoms with Gasteiger partial charge in [0, 0.05) is 0 Å². The summed E-state index contributed by atoms with van der Waals surface area (Å²) >= 11 is 1.49. The SMILES string of the molecule is COC(=O)C(C)NC(=O)Cn1nnc(-c2cccs2)n1. The van der Waals surface area contributed by atoms with Crippen molar-refractivity contribution in [2.75, 3.05) is 7.11 Å². The van der Waals surface area contributed by atoms with Crippen LogP contribution in [0.1, 0.15) is 6.92 Å². The zero-order chi connectivity index (χ0) is 14.5. The second-order valence-electron chi connectivity index (χ2n) is 3.93. The molecule has 20 heavy (non-hydrogen) atoms. The maximum atomic E-state index is 11.7. The van der Waals surface area contributed by atoms with Crippen molar-refractivity contribution in [2.24, 2.45) is 0 Å². The number of thiophene rings is 1. The summed E-state index contributed by atoms with van der Waals surface area (Å²) in [4.78, 5) is 24.9. The summed E-state index contributed by atoms with van der Waals surface area (Å²) in [6.07, 6.45) is 0. The van der Waals surface area contributed by atoms with Crippen LogP contribution in [0, 0.1) is 0 Å². The second-order valence-corrected chi connectivity index (χ2v) is 4.88. The van der Waals surface area contributed by atoms with Gasteiger partial charge in [0.15, 0.2) is 0 Å². The monoisotopic (exact) mass is 295 g/mol. The normalized spacial score (nSPS) is 11.9. The fourth-order valence-corrected chi connectivity index (χ4v) is 2.11. The first-order chi connectivity index (χ1) is 9.60. The third kappa shape index (κ3) is 3.38. The number of hydrogen-bond acceptors (Lipinski definition) is 7. The molecule has 0 bridgehead atoms. The molecule has 0 spiro atoms. The predicted molar refractivity (Wildman–Crippen MR) is 70.8 cm³/mol. The molecule has 106 valence electrons. The quantitative estimate of drug-likeness (QED) is 0.784. The molecule has 2 heterocycles. The highest BCUT2D eigenvalue weighted by Crippen LogP contribution is 2.19. The Morgan fingerprint density at radius 3 is 3.00 bits per heavy atom. The van der Waals surface area contributed by atoms with Crippen LogP contribution in [0.15, 0.2) is 17.5 Å². The molecule has 1 unspecified atom stereocenters. The van der Waals surface area contributed by atoms with Crippen molar-refractivity contribution in [3.8, 4) is 10.7 Å². The van der Waals surface area contributed by atoms with E-state index in [1.807, 2.05) is 17.5 Å². The lowest BCUT2D eigenvalue weighted by atomic mass is 10.3. The fourth-order valence-electron chi connectivity index (χ4n) is 1.47. The van der Waals surface area contributed by atoms with Gasteiger partial charge in [-0.15, -0.1) is 21.5 Å². The Labute approximate surface area is 118 Å². The van der Waals surface area contributed by atoms with Crippen LogP contribution in [0.3, 0.4) is 0 Å². The van der Waals surface area contributed by atoms with E-state index in [0.29, 0.717) is 5.82 Å². The van der Waals surface area contributed by atoms with Crippen molar-refractivity contribution in [3.63, 3.8) is 0 Å². The first-order valence-electron chi connectivity index (χ1n) is 5.79. The van der Waals surface area contributed by atoms with E-state index in [-0.39, 0.29) is 6.54 Å². The third-order valence-electron chi connectivity index (χ3n) is 2.41. The van der Waals surface area contributed by atoms with Gasteiger partial charge in [0.25, 0.3) is 0 Å². The number of nitrogens with zero attached hydrogens (tertiary/aromatic N) is 4. The maximum absolute atomic E-state index is 11.7. The van der Waals surface area contributed by atoms with Gasteiger partial charge in [0.2, 0.25) is 11.7 Å². The van der Waals surface area contributed by atoms with Crippen LogP contribution in [-0.2, 0) is 20.9 Å². The molecule has 9 heteroatoms. The van der Waals surface area contributed by atoms with Gasteiger partial charge in [0.05, 0.1) is 12.0 Å². The number of hydrogen-bond donors (Lipinski definition) is 1. The molecule has 0 saturated heterocycles. The average Bonchev–Trinajstić information content (AvgIpc) is 3.07. The second kappa shape index (κ2) is 6.24. The molecule has 0 aromatic carbocycles. The molecule has 2 aromatic rings. The topological polar surface area (TPSA) is 99.0 Å². The summed E-state index contributed by atoms with van der Waals surface area (Å²) in [5.74, 6) is -0.434. The van der Waals surface area contributed by atoms with Crippen molar-refractivity contribution >= 4 is 23.2 Å². The lowest BCUT2D eigenvalue weighted by Crippen LogP contribution is -2.41. The van der Waals surface area contributed by atoms with Crippen LogP contribution >= 0.6 is 11.3 Å². The molecule has 0 saturated carbocycles. The van der Waals surface area contributed by atoms with Gasteiger partial charge in [-0.1, -0.05) is 6.07 Å². The Bertz CT molecular complexity index is 595. The zero-order valence-corrected chi connectivity index (χ0v) is 11.8. The Balaban J connectivity index is 1.94. The van der Waals surface area contributed by atoms with E-state index in [9.17, 15) is 9.59 Å². The number of methoxy groups -OCH3 is 1. The Morgan fingerprint density at radius 2 is 2.35 bits per heavy atom. The van der Waals surface area contributed by atoms with Crippen molar-refractivity contribution in [3.05, 3.63) is 17.5 Å². The molecule has 2 rings (SSSR count). The maximum Gasteiger partial charge on any atom is 0.328 e. The molecule has 8 nitrogen and oxygen atoms in total. The zero-order valence-electron chi connectivity index (χ0n) is 10.9. The van der Waals surface area contributed by atoms with Gasteiger partial charge in [0.1, 0.15) is 12.6 Å². The summed E-state index contributed by atoms with van der Waals surface area (Å²) in [5, 5.41) is 16.1. The van der Waals surface area contributed by atoms with E-state index in [2.05, 4.69) is 25.5 Å². The van der Waals surface area contributed by atoms with E-state index in [1.54, 1.807) is 0 Å². The largest absolute Gasteiger partial charge is 0.467 e. The standard InChI is InChI=1S/C11H13N5O3S/c1-7(11(18)19-2)12-9(17)6-16-14-10(13-15-16)8-4-3-5-20-8/h3-5,7H,6H2,1-2H3,(H,12,17). The average molecular weight is 295 g/mol. The number of esters is 1. The summed E-state index contributed by atoms with van der Waals surface area (Å²) in [7, 11) is 1.26. The van der Waals surface area contributed by atoms with Crippen molar-refractivity contribution in [2.45, 2.75) is 19.5 Å². The molecule has 1 atom stereocenters. The van der Waals surface area contributed by atoms with Crippen LogP contribution in [0.2, 0.25) is 0 Å². The third-order valence-corrected chi connectivity index (χ3v) is 3.28. The Hall–Kier alpha value is -2.29. The number of carbonyl (C=O) groups excluding carboxylic acids is 2. The number of tetrazole rings is 1. The number of aromatic nitrogens is 4. The molecule has 0 aliphatic rings. The number of ether oxygens (including phenoxy) is 1. The lowest BCUT2D eigenvalue weighted by Gasteiger charge is -2.10. The predicted octanol–water partition coefficient (Wildman–Crippen LogP) is 0.0793. The van der Waals surface area contributed by atoms with Crippen LogP contribution in [0.5, 0.6) is 0 Å². The van der Waals surface area contributed by atoms with Gasteiger partial charge in [-0.25, -0.2) is 4.79 Å². The molecule has 1 amide bonds. The molecular formula is C11H13N5O3S. The molecule has 0 aliphatic heterocycles. The number of nitrogens with one attached hydrogen (secondary N) is 1. The smallest absolute Gasteiger partial charge is 0.328 e. The van der Waals surface area contributed by atoms with Crippen LogP contribution < -0.4 is 5.32 Å². The van der Waals surface area contributed by atoms with E-state index >= 15 is 0 Å². The van der Waals surface area contributed by atoms with E-state index < -0.39 is 17.9 Å². The molecular weight excluding hydrogens is 282 g/mol. The number of carbonyl (C=O) groups is 2. The Kier molecular flexibility index (Phi) is 4.41. The minimum absolute atomic E-state index is 0.111. The highest BCUT2D eigenvalue weighted by atomic mass is 32.1.